The van der Waals surface area contributed by atoms with Gasteiger partial charge in [-0.05, 0) is 48.9 Å². The van der Waals surface area contributed by atoms with Crippen LogP contribution in [0.4, 0.5) is 17.2 Å². The molecule has 10 nitrogen and oxygen atoms in total. The number of nitrogens with zero attached hydrogens (tertiary/aromatic N) is 3. The molecule has 3 aromatic rings. The molecular formula is C27H28Cl2N6O4. The first-order valence-electron chi connectivity index (χ1n) is 11.8. The summed E-state index contributed by atoms with van der Waals surface area (Å²) in [6.45, 7) is 0.369. The molecule has 1 heterocycles. The number of amidine groups is 1. The summed E-state index contributed by atoms with van der Waals surface area (Å²) in [6.07, 6.45) is 1.74. The van der Waals surface area contributed by atoms with Crippen LogP contribution in [-0.2, 0) is 4.79 Å². The summed E-state index contributed by atoms with van der Waals surface area (Å²) in [5.41, 5.74) is 1.71. The van der Waals surface area contributed by atoms with Crippen molar-refractivity contribution in [1.82, 2.24) is 9.88 Å². The Hall–Kier alpha value is -4.15. The van der Waals surface area contributed by atoms with Crippen molar-refractivity contribution < 1.29 is 19.5 Å². The van der Waals surface area contributed by atoms with E-state index in [1.165, 1.54) is 18.3 Å². The molecule has 0 radical (unpaired) electrons. The fourth-order valence-electron chi connectivity index (χ4n) is 3.67. The molecule has 0 aliphatic carbocycles. The highest BCUT2D eigenvalue weighted by molar-refractivity contribution is 6.31. The number of carboxylic acid groups (broad SMARTS) is 1. The number of aromatic nitrogens is 1. The molecule has 204 valence electrons. The predicted molar refractivity (Wildman–Crippen MR) is 154 cm³/mol. The molecule has 0 spiro atoms. The number of pyridine rings is 1. The lowest BCUT2D eigenvalue weighted by atomic mass is 10.0. The van der Waals surface area contributed by atoms with E-state index in [4.69, 9.17) is 33.7 Å². The van der Waals surface area contributed by atoms with Gasteiger partial charge in [-0.25, -0.2) is 4.98 Å². The quantitative estimate of drug-likeness (QED) is 0.197. The normalized spacial score (nSPS) is 10.5. The van der Waals surface area contributed by atoms with Gasteiger partial charge in [0, 0.05) is 56.6 Å². The van der Waals surface area contributed by atoms with Crippen molar-refractivity contribution in [2.75, 3.05) is 43.2 Å². The SMILES string of the molecule is CN(C)C(=N)c1ccc(C(=O)Nc2ccc(Cl)cc2C(=O)Nc2ccc(Cl)cn2)c(N(C)CCCC(=O)O)c1. The van der Waals surface area contributed by atoms with E-state index in [1.54, 1.807) is 67.3 Å². The molecule has 0 saturated heterocycles. The number of hydrogen-bond acceptors (Lipinski definition) is 6. The van der Waals surface area contributed by atoms with Gasteiger partial charge in [-0.15, -0.1) is 0 Å². The number of carbonyl (C=O) groups is 3. The molecule has 3 rings (SSSR count). The Morgan fingerprint density at radius 1 is 0.923 bits per heavy atom. The van der Waals surface area contributed by atoms with Crippen LogP contribution in [0.25, 0.3) is 0 Å². The monoisotopic (exact) mass is 570 g/mol. The molecule has 4 N–H and O–H groups in total. The third-order valence-electron chi connectivity index (χ3n) is 5.70. The zero-order valence-corrected chi connectivity index (χ0v) is 23.1. The van der Waals surface area contributed by atoms with Crippen LogP contribution in [0.5, 0.6) is 0 Å². The zero-order valence-electron chi connectivity index (χ0n) is 21.6. The Kier molecular flexibility index (Phi) is 9.86. The summed E-state index contributed by atoms with van der Waals surface area (Å²) in [5.74, 6) is -1.44. The van der Waals surface area contributed by atoms with Crippen molar-refractivity contribution in [2.24, 2.45) is 0 Å². The van der Waals surface area contributed by atoms with Gasteiger partial charge in [0.15, 0.2) is 0 Å². The number of carboxylic acids is 1. The van der Waals surface area contributed by atoms with E-state index in [9.17, 15) is 14.4 Å². The minimum atomic E-state index is -0.910. The number of halogens is 2. The number of anilines is 3. The summed E-state index contributed by atoms with van der Waals surface area (Å²) >= 11 is 12.0. The van der Waals surface area contributed by atoms with Crippen LogP contribution < -0.4 is 15.5 Å². The fourth-order valence-corrected chi connectivity index (χ4v) is 3.95. The molecule has 0 aliphatic rings. The standard InChI is InChI=1S/C27H28Cl2N6O4/c1-34(2)25(30)16-6-9-19(22(13-16)35(3)12-4-5-24(36)37)26(38)32-21-10-7-17(28)14-20(21)27(39)33-23-11-8-18(29)15-31-23/h6-11,13-15,30H,4-5,12H2,1-3H3,(H,32,38)(H,36,37)(H,31,33,39). The van der Waals surface area contributed by atoms with Crippen molar-refractivity contribution in [3.05, 3.63) is 81.5 Å². The molecule has 12 heteroatoms. The van der Waals surface area contributed by atoms with Gasteiger partial charge in [0.25, 0.3) is 11.8 Å². The lowest BCUT2D eigenvalue weighted by molar-refractivity contribution is -0.137. The van der Waals surface area contributed by atoms with Crippen LogP contribution in [0.1, 0.15) is 39.1 Å². The lowest BCUT2D eigenvalue weighted by Gasteiger charge is -2.24. The maximum atomic E-state index is 13.5. The van der Waals surface area contributed by atoms with E-state index in [1.807, 2.05) is 0 Å². The minimum absolute atomic E-state index is 0.0230. The smallest absolute Gasteiger partial charge is 0.303 e. The van der Waals surface area contributed by atoms with E-state index in [-0.39, 0.29) is 34.9 Å². The molecule has 0 unspecified atom stereocenters. The molecule has 0 bridgehead atoms. The minimum Gasteiger partial charge on any atom is -0.481 e. The molecule has 2 amide bonds. The molecule has 2 aromatic carbocycles. The molecular weight excluding hydrogens is 543 g/mol. The van der Waals surface area contributed by atoms with Gasteiger partial charge in [0.1, 0.15) is 11.7 Å². The van der Waals surface area contributed by atoms with Gasteiger partial charge >= 0.3 is 5.97 Å². The Bertz CT molecular complexity index is 1400. The van der Waals surface area contributed by atoms with Gasteiger partial charge in [-0.1, -0.05) is 29.3 Å². The number of amides is 2. The zero-order chi connectivity index (χ0) is 28.7. The van der Waals surface area contributed by atoms with Crippen molar-refractivity contribution in [3.8, 4) is 0 Å². The van der Waals surface area contributed by atoms with E-state index in [0.717, 1.165) is 0 Å². The van der Waals surface area contributed by atoms with Gasteiger partial charge in [-0.2, -0.15) is 0 Å². The Balaban J connectivity index is 1.92. The lowest BCUT2D eigenvalue weighted by Crippen LogP contribution is -2.26. The molecule has 0 fully saturated rings. The number of nitrogens with one attached hydrogen (secondary N) is 3. The highest BCUT2D eigenvalue weighted by atomic mass is 35.5. The second-order valence-electron chi connectivity index (χ2n) is 8.85. The van der Waals surface area contributed by atoms with Gasteiger partial charge in [0.05, 0.1) is 21.8 Å². The maximum absolute atomic E-state index is 13.5. The molecule has 0 aliphatic heterocycles. The van der Waals surface area contributed by atoms with Crippen molar-refractivity contribution in [3.63, 3.8) is 0 Å². The first kappa shape index (κ1) is 29.4. The van der Waals surface area contributed by atoms with E-state index < -0.39 is 17.8 Å². The number of benzene rings is 2. The summed E-state index contributed by atoms with van der Waals surface area (Å²) in [6, 6.07) is 12.6. The van der Waals surface area contributed by atoms with E-state index in [2.05, 4.69) is 15.6 Å². The molecule has 1 aromatic heterocycles. The van der Waals surface area contributed by atoms with Crippen LogP contribution >= 0.6 is 23.2 Å². The van der Waals surface area contributed by atoms with Crippen LogP contribution in [0.15, 0.2) is 54.7 Å². The maximum Gasteiger partial charge on any atom is 0.303 e. The van der Waals surface area contributed by atoms with Gasteiger partial charge in [-0.3, -0.25) is 19.8 Å². The third-order valence-corrected chi connectivity index (χ3v) is 6.16. The first-order valence-corrected chi connectivity index (χ1v) is 12.6. The Morgan fingerprint density at radius 2 is 1.62 bits per heavy atom. The van der Waals surface area contributed by atoms with Gasteiger partial charge < -0.3 is 25.5 Å². The highest BCUT2D eigenvalue weighted by Gasteiger charge is 2.20. The van der Waals surface area contributed by atoms with E-state index >= 15 is 0 Å². The summed E-state index contributed by atoms with van der Waals surface area (Å²) in [4.78, 5) is 45.0. The second-order valence-corrected chi connectivity index (χ2v) is 9.73. The first-order chi connectivity index (χ1) is 18.5. The number of aliphatic carboxylic acids is 1. The molecule has 0 atom stereocenters. The summed E-state index contributed by atoms with van der Waals surface area (Å²) < 4.78 is 0. The summed E-state index contributed by atoms with van der Waals surface area (Å²) in [7, 11) is 5.23. The molecule has 0 saturated carbocycles. The number of hydrogen-bond donors (Lipinski definition) is 4. The van der Waals surface area contributed by atoms with Crippen LogP contribution in [0.3, 0.4) is 0 Å². The van der Waals surface area contributed by atoms with Crippen molar-refractivity contribution in [2.45, 2.75) is 12.8 Å². The van der Waals surface area contributed by atoms with Crippen LogP contribution in [0.2, 0.25) is 10.0 Å². The van der Waals surface area contributed by atoms with E-state index in [0.29, 0.717) is 34.3 Å². The Labute approximate surface area is 236 Å². The average molecular weight is 571 g/mol. The van der Waals surface area contributed by atoms with Gasteiger partial charge in [0.2, 0.25) is 0 Å². The van der Waals surface area contributed by atoms with Crippen LogP contribution in [-0.4, -0.2) is 66.3 Å². The number of carbonyl (C=O) groups excluding carboxylic acids is 2. The second kappa shape index (κ2) is 13.1. The predicted octanol–water partition coefficient (Wildman–Crippen LogP) is 5.08. The summed E-state index contributed by atoms with van der Waals surface area (Å²) in [5, 5.41) is 23.5. The topological polar surface area (TPSA) is 139 Å². The molecule has 39 heavy (non-hydrogen) atoms. The highest BCUT2D eigenvalue weighted by Crippen LogP contribution is 2.27. The largest absolute Gasteiger partial charge is 0.481 e. The fraction of sp³-hybridized carbons (Fsp3) is 0.222. The van der Waals surface area contributed by atoms with Crippen LogP contribution in [0, 0.1) is 5.41 Å². The third kappa shape index (κ3) is 7.92. The van der Waals surface area contributed by atoms with Crippen molar-refractivity contribution in [1.29, 1.82) is 5.41 Å². The average Bonchev–Trinajstić information content (AvgIpc) is 2.89. The number of rotatable bonds is 10. The van der Waals surface area contributed by atoms with Crippen molar-refractivity contribution >= 4 is 64.0 Å². The Morgan fingerprint density at radius 3 is 2.26 bits per heavy atom.